The van der Waals surface area contributed by atoms with Gasteiger partial charge in [-0.25, -0.2) is 0 Å². The van der Waals surface area contributed by atoms with Crippen molar-refractivity contribution in [2.45, 2.75) is 10.9 Å². The van der Waals surface area contributed by atoms with Gasteiger partial charge in [0.15, 0.2) is 0 Å². The molecule has 0 aliphatic carbocycles. The normalized spacial score (nSPS) is 20.7. The van der Waals surface area contributed by atoms with Crippen LogP contribution >= 0.6 is 11.8 Å². The largest absolute Gasteiger partial charge is 0.376 e. The van der Waals surface area contributed by atoms with Crippen molar-refractivity contribution in [3.8, 4) is 0 Å². The quantitative estimate of drug-likeness (QED) is 0.715. The van der Waals surface area contributed by atoms with Gasteiger partial charge in [-0.2, -0.15) is 0 Å². The third-order valence-electron chi connectivity index (χ3n) is 2.08. The summed E-state index contributed by atoms with van der Waals surface area (Å²) in [5.41, 5.74) is 6.78. The van der Waals surface area contributed by atoms with E-state index >= 15 is 0 Å². The number of hydrogen-bond acceptors (Lipinski definition) is 3. The zero-order chi connectivity index (χ0) is 9.26. The predicted octanol–water partition coefficient (Wildman–Crippen LogP) is 2.05. The van der Waals surface area contributed by atoms with Gasteiger partial charge < -0.3 is 11.1 Å². The lowest BCUT2D eigenvalue weighted by Gasteiger charge is -2.27. The lowest BCUT2D eigenvalue weighted by molar-refractivity contribution is 0.857. The fraction of sp³-hybridized carbons (Fsp3) is 0.200. The van der Waals surface area contributed by atoms with E-state index in [1.54, 1.807) is 11.8 Å². The molecule has 2 rings (SSSR count). The monoisotopic (exact) mass is 192 g/mol. The van der Waals surface area contributed by atoms with E-state index in [4.69, 9.17) is 5.73 Å². The summed E-state index contributed by atoms with van der Waals surface area (Å²) < 4.78 is 0. The van der Waals surface area contributed by atoms with Crippen molar-refractivity contribution in [2.24, 2.45) is 5.73 Å². The first-order chi connectivity index (χ1) is 6.31. The molecule has 1 aliphatic rings. The molecule has 1 unspecified atom stereocenters. The van der Waals surface area contributed by atoms with Crippen LogP contribution in [-0.2, 0) is 0 Å². The van der Waals surface area contributed by atoms with Crippen molar-refractivity contribution in [1.29, 1.82) is 0 Å². The molecule has 0 saturated carbocycles. The van der Waals surface area contributed by atoms with E-state index in [0.29, 0.717) is 6.54 Å². The second-order valence-electron chi connectivity index (χ2n) is 3.00. The van der Waals surface area contributed by atoms with Crippen molar-refractivity contribution in [3.05, 3.63) is 35.7 Å². The van der Waals surface area contributed by atoms with Gasteiger partial charge in [0, 0.05) is 22.0 Å². The minimum absolute atomic E-state index is 0.208. The van der Waals surface area contributed by atoms with Gasteiger partial charge in [-0.05, 0) is 12.1 Å². The molecule has 1 aromatic rings. The second kappa shape index (κ2) is 3.44. The van der Waals surface area contributed by atoms with E-state index in [0.717, 1.165) is 10.6 Å². The molecule has 2 nitrogen and oxygen atoms in total. The van der Waals surface area contributed by atoms with Gasteiger partial charge in [0.25, 0.3) is 0 Å². The first-order valence-corrected chi connectivity index (χ1v) is 5.05. The molecule has 1 aromatic carbocycles. The topological polar surface area (TPSA) is 38.0 Å². The Labute approximate surface area is 82.2 Å². The summed E-state index contributed by atoms with van der Waals surface area (Å²) in [5.74, 6) is 0. The van der Waals surface area contributed by atoms with E-state index < -0.39 is 0 Å². The van der Waals surface area contributed by atoms with Crippen LogP contribution in [0.1, 0.15) is 0 Å². The summed E-state index contributed by atoms with van der Waals surface area (Å²) in [7, 11) is 0. The highest BCUT2D eigenvalue weighted by atomic mass is 32.2. The smallest absolute Gasteiger partial charge is 0.0692 e. The lowest BCUT2D eigenvalue weighted by atomic mass is 10.2. The molecule has 0 spiro atoms. The Kier molecular flexibility index (Phi) is 2.29. The van der Waals surface area contributed by atoms with Crippen LogP contribution in [-0.4, -0.2) is 12.6 Å². The number of rotatable bonds is 1. The maximum atomic E-state index is 5.61. The van der Waals surface area contributed by atoms with Crippen LogP contribution in [0.25, 0.3) is 0 Å². The number of nitrogens with two attached hydrogens (primary N) is 1. The van der Waals surface area contributed by atoms with Crippen LogP contribution in [0.2, 0.25) is 0 Å². The standard InChI is InChI=1S/C10H12N2S/c1-7-9(6-11)12-8-4-2-3-5-10(8)13-7/h2-5,9,12H,1,6,11H2. The zero-order valence-electron chi connectivity index (χ0n) is 7.29. The second-order valence-corrected chi connectivity index (χ2v) is 4.17. The number of benzene rings is 1. The average molecular weight is 192 g/mol. The summed E-state index contributed by atoms with van der Waals surface area (Å²) >= 11 is 1.71. The van der Waals surface area contributed by atoms with Gasteiger partial charge in [-0.15, -0.1) is 0 Å². The highest BCUT2D eigenvalue weighted by Gasteiger charge is 2.19. The molecule has 3 heteroatoms. The molecule has 1 atom stereocenters. The molecule has 0 radical (unpaired) electrons. The Morgan fingerprint density at radius 2 is 2.23 bits per heavy atom. The third kappa shape index (κ3) is 1.57. The molecule has 0 fully saturated rings. The van der Waals surface area contributed by atoms with Gasteiger partial charge in [0.05, 0.1) is 6.04 Å². The maximum absolute atomic E-state index is 5.61. The SMILES string of the molecule is C=C1Sc2ccccc2NC1CN. The minimum atomic E-state index is 0.208. The summed E-state index contributed by atoms with van der Waals surface area (Å²) in [6.07, 6.45) is 0. The first kappa shape index (κ1) is 8.66. The number of fused-ring (bicyclic) bond motifs is 1. The molecular weight excluding hydrogens is 180 g/mol. The van der Waals surface area contributed by atoms with E-state index in [-0.39, 0.29) is 6.04 Å². The van der Waals surface area contributed by atoms with Crippen LogP contribution in [0.5, 0.6) is 0 Å². The van der Waals surface area contributed by atoms with Crippen LogP contribution in [0.15, 0.2) is 40.6 Å². The van der Waals surface area contributed by atoms with E-state index in [2.05, 4.69) is 24.0 Å². The van der Waals surface area contributed by atoms with Gasteiger partial charge >= 0.3 is 0 Å². The molecule has 0 amide bonds. The van der Waals surface area contributed by atoms with Crippen molar-refractivity contribution < 1.29 is 0 Å². The number of para-hydroxylation sites is 1. The Hall–Kier alpha value is -0.930. The zero-order valence-corrected chi connectivity index (χ0v) is 8.10. The Morgan fingerprint density at radius 3 is 3.00 bits per heavy atom. The Balaban J connectivity index is 2.33. The highest BCUT2D eigenvalue weighted by Crippen LogP contribution is 2.38. The molecule has 3 N–H and O–H groups in total. The molecule has 0 saturated heterocycles. The number of nitrogens with one attached hydrogen (secondary N) is 1. The number of anilines is 1. The number of thioether (sulfide) groups is 1. The molecule has 1 aliphatic heterocycles. The number of hydrogen-bond donors (Lipinski definition) is 2. The molecular formula is C10H12N2S. The van der Waals surface area contributed by atoms with E-state index in [1.165, 1.54) is 4.90 Å². The molecule has 13 heavy (non-hydrogen) atoms. The fourth-order valence-electron chi connectivity index (χ4n) is 1.35. The molecule has 0 bridgehead atoms. The van der Waals surface area contributed by atoms with Gasteiger partial charge in [-0.1, -0.05) is 30.5 Å². The average Bonchev–Trinajstić information content (AvgIpc) is 2.17. The van der Waals surface area contributed by atoms with Crippen LogP contribution in [0.4, 0.5) is 5.69 Å². The summed E-state index contributed by atoms with van der Waals surface area (Å²) in [5, 5.41) is 3.35. The maximum Gasteiger partial charge on any atom is 0.0692 e. The summed E-state index contributed by atoms with van der Waals surface area (Å²) in [6, 6.07) is 8.42. The predicted molar refractivity (Wildman–Crippen MR) is 57.9 cm³/mol. The van der Waals surface area contributed by atoms with Crippen molar-refractivity contribution in [3.63, 3.8) is 0 Å². The van der Waals surface area contributed by atoms with Crippen LogP contribution in [0, 0.1) is 0 Å². The van der Waals surface area contributed by atoms with Gasteiger partial charge in [-0.3, -0.25) is 0 Å². The Morgan fingerprint density at radius 1 is 1.46 bits per heavy atom. The first-order valence-electron chi connectivity index (χ1n) is 4.23. The molecule has 0 aromatic heterocycles. The van der Waals surface area contributed by atoms with E-state index in [9.17, 15) is 0 Å². The molecule has 1 heterocycles. The van der Waals surface area contributed by atoms with Crippen LogP contribution < -0.4 is 11.1 Å². The Bertz CT molecular complexity index is 335. The lowest BCUT2D eigenvalue weighted by Crippen LogP contribution is -2.31. The third-order valence-corrected chi connectivity index (χ3v) is 3.20. The van der Waals surface area contributed by atoms with Crippen molar-refractivity contribution in [1.82, 2.24) is 0 Å². The molecule has 68 valence electrons. The van der Waals surface area contributed by atoms with Gasteiger partial charge in [0.1, 0.15) is 0 Å². The fourth-order valence-corrected chi connectivity index (χ4v) is 2.31. The summed E-state index contributed by atoms with van der Waals surface area (Å²) in [6.45, 7) is 4.58. The van der Waals surface area contributed by atoms with E-state index in [1.807, 2.05) is 12.1 Å². The van der Waals surface area contributed by atoms with Crippen LogP contribution in [0.3, 0.4) is 0 Å². The van der Waals surface area contributed by atoms with Crippen molar-refractivity contribution in [2.75, 3.05) is 11.9 Å². The minimum Gasteiger partial charge on any atom is -0.376 e. The van der Waals surface area contributed by atoms with Gasteiger partial charge in [0.2, 0.25) is 0 Å². The highest BCUT2D eigenvalue weighted by molar-refractivity contribution is 8.03. The summed E-state index contributed by atoms with van der Waals surface area (Å²) in [4.78, 5) is 2.33. The van der Waals surface area contributed by atoms with Crippen molar-refractivity contribution >= 4 is 17.4 Å².